The van der Waals surface area contributed by atoms with Gasteiger partial charge in [0.05, 0.1) is 9.83 Å². The number of amides is 1. The first-order chi connectivity index (χ1) is 12.6. The van der Waals surface area contributed by atoms with Crippen molar-refractivity contribution in [2.45, 2.75) is 26.2 Å². The number of thiazole rings is 1. The highest BCUT2D eigenvalue weighted by Crippen LogP contribution is 2.39. The van der Waals surface area contributed by atoms with Gasteiger partial charge in [-0.1, -0.05) is 32.9 Å². The molecule has 27 heavy (non-hydrogen) atoms. The molecule has 0 saturated carbocycles. The monoisotopic (exact) mass is 406 g/mol. The molecule has 3 rings (SSSR count). The maximum atomic E-state index is 13.3. The van der Waals surface area contributed by atoms with E-state index in [9.17, 15) is 19.3 Å². The third kappa shape index (κ3) is 4.40. The summed E-state index contributed by atoms with van der Waals surface area (Å²) in [5.41, 5.74) is 0.391. The summed E-state index contributed by atoms with van der Waals surface area (Å²) >= 11 is 1.93. The molecule has 1 aliphatic rings. The van der Waals surface area contributed by atoms with Crippen molar-refractivity contribution in [3.63, 3.8) is 0 Å². The number of nitrogens with one attached hydrogen (secondary N) is 1. The fraction of sp³-hybridized carbons (Fsp3) is 0.235. The van der Waals surface area contributed by atoms with Crippen molar-refractivity contribution < 1.29 is 14.1 Å². The second-order valence-electron chi connectivity index (χ2n) is 6.69. The van der Waals surface area contributed by atoms with Crippen molar-refractivity contribution in [2.75, 3.05) is 0 Å². The summed E-state index contributed by atoms with van der Waals surface area (Å²) in [7, 11) is 0. The molecular formula is C17H15FN4O3S2. The number of amidine groups is 1. The molecule has 1 saturated heterocycles. The van der Waals surface area contributed by atoms with Crippen LogP contribution in [0.15, 0.2) is 34.2 Å². The molecule has 0 bridgehead atoms. The zero-order chi connectivity index (χ0) is 19.8. The number of carbonyl (C=O) groups excluding carboxylic acids is 1. The average Bonchev–Trinajstić information content (AvgIpc) is 3.12. The number of nitro groups is 1. The number of carbonyl (C=O) groups is 1. The van der Waals surface area contributed by atoms with Crippen LogP contribution in [0.25, 0.3) is 6.08 Å². The molecule has 1 N–H and O–H groups in total. The topological polar surface area (TPSA) is 97.5 Å². The van der Waals surface area contributed by atoms with Crippen LogP contribution in [0.4, 0.5) is 14.5 Å². The summed E-state index contributed by atoms with van der Waals surface area (Å²) in [5, 5.41) is 14.3. The van der Waals surface area contributed by atoms with Crippen molar-refractivity contribution in [3.8, 4) is 0 Å². The van der Waals surface area contributed by atoms with Gasteiger partial charge in [0, 0.05) is 5.41 Å². The van der Waals surface area contributed by atoms with Crippen LogP contribution in [0, 0.1) is 15.9 Å². The van der Waals surface area contributed by atoms with E-state index in [2.05, 4.69) is 15.3 Å². The Balaban J connectivity index is 1.89. The molecule has 1 amide bonds. The van der Waals surface area contributed by atoms with Crippen molar-refractivity contribution in [3.05, 3.63) is 56.4 Å². The lowest BCUT2D eigenvalue weighted by Crippen LogP contribution is -2.19. The van der Waals surface area contributed by atoms with E-state index in [0.29, 0.717) is 16.2 Å². The van der Waals surface area contributed by atoms with Gasteiger partial charge >= 0.3 is 5.00 Å². The van der Waals surface area contributed by atoms with Crippen LogP contribution in [0.1, 0.15) is 32.0 Å². The zero-order valence-corrected chi connectivity index (χ0v) is 16.3. The second kappa shape index (κ2) is 7.20. The van der Waals surface area contributed by atoms with Crippen LogP contribution in [-0.4, -0.2) is 21.0 Å². The van der Waals surface area contributed by atoms with E-state index in [1.54, 1.807) is 18.2 Å². The van der Waals surface area contributed by atoms with Crippen LogP contribution in [-0.2, 0) is 10.2 Å². The molecule has 1 fully saturated rings. The fourth-order valence-corrected chi connectivity index (χ4v) is 4.13. The summed E-state index contributed by atoms with van der Waals surface area (Å²) in [6, 6.07) is 5.87. The number of nitrogens with zero attached hydrogens (tertiary/aromatic N) is 3. The van der Waals surface area contributed by atoms with Crippen molar-refractivity contribution in [1.29, 1.82) is 0 Å². The van der Waals surface area contributed by atoms with Crippen molar-refractivity contribution >= 4 is 50.4 Å². The van der Waals surface area contributed by atoms with Crippen LogP contribution in [0.5, 0.6) is 0 Å². The van der Waals surface area contributed by atoms with E-state index in [1.807, 2.05) is 20.8 Å². The first-order valence-corrected chi connectivity index (χ1v) is 9.47. The lowest BCUT2D eigenvalue weighted by atomic mass is 9.93. The molecule has 1 aromatic heterocycles. The fourth-order valence-electron chi connectivity index (χ4n) is 2.28. The van der Waals surface area contributed by atoms with Gasteiger partial charge < -0.3 is 5.32 Å². The number of rotatable bonds is 3. The number of halogens is 1. The second-order valence-corrected chi connectivity index (χ2v) is 8.68. The molecule has 0 radical (unpaired) electrons. The Morgan fingerprint density at radius 2 is 2.11 bits per heavy atom. The van der Waals surface area contributed by atoms with Gasteiger partial charge in [0.25, 0.3) is 5.91 Å². The highest BCUT2D eigenvalue weighted by Gasteiger charge is 2.31. The molecule has 1 aliphatic heterocycles. The van der Waals surface area contributed by atoms with E-state index in [-0.39, 0.29) is 21.2 Å². The summed E-state index contributed by atoms with van der Waals surface area (Å²) in [4.78, 5) is 31.7. The standard InChI is InChI=1S/C17H15FN4O3S2/c1-17(2,3)12-14(22(24)25)27-15(19-12)21-16-20-13(23)11(26-16)8-9-5-4-6-10(18)7-9/h4-8H,1-3H3,(H,19,20,21,23). The Morgan fingerprint density at radius 3 is 2.70 bits per heavy atom. The zero-order valence-electron chi connectivity index (χ0n) is 14.6. The molecule has 0 atom stereocenters. The minimum Gasteiger partial charge on any atom is -0.300 e. The Morgan fingerprint density at radius 1 is 1.37 bits per heavy atom. The Hall–Kier alpha value is -2.59. The number of aromatic nitrogens is 1. The van der Waals surface area contributed by atoms with E-state index in [1.165, 1.54) is 12.1 Å². The quantitative estimate of drug-likeness (QED) is 0.463. The summed E-state index contributed by atoms with van der Waals surface area (Å²) < 4.78 is 13.3. The molecule has 10 heteroatoms. The number of benzene rings is 1. The van der Waals surface area contributed by atoms with Crippen LogP contribution >= 0.6 is 23.1 Å². The number of thioether (sulfide) groups is 1. The van der Waals surface area contributed by atoms with Gasteiger partial charge in [-0.15, -0.1) is 0 Å². The molecule has 0 aliphatic carbocycles. The Labute approximate surface area is 162 Å². The van der Waals surface area contributed by atoms with Gasteiger partial charge in [0.15, 0.2) is 5.17 Å². The van der Waals surface area contributed by atoms with E-state index in [0.717, 1.165) is 23.1 Å². The molecular weight excluding hydrogens is 391 g/mol. The molecule has 2 heterocycles. The molecule has 1 aromatic carbocycles. The van der Waals surface area contributed by atoms with E-state index < -0.39 is 16.2 Å². The van der Waals surface area contributed by atoms with Crippen molar-refractivity contribution in [1.82, 2.24) is 10.3 Å². The summed E-state index contributed by atoms with van der Waals surface area (Å²) in [6.45, 7) is 5.49. The summed E-state index contributed by atoms with van der Waals surface area (Å²) in [5.74, 6) is -0.767. The normalized spacial score (nSPS) is 17.6. The molecule has 140 valence electrons. The first kappa shape index (κ1) is 19.2. The first-order valence-electron chi connectivity index (χ1n) is 7.84. The predicted octanol–water partition coefficient (Wildman–Crippen LogP) is 4.38. The molecule has 2 aromatic rings. The van der Waals surface area contributed by atoms with Gasteiger partial charge in [0.1, 0.15) is 11.5 Å². The van der Waals surface area contributed by atoms with Crippen LogP contribution in [0.3, 0.4) is 0 Å². The molecule has 0 spiro atoms. The lowest BCUT2D eigenvalue weighted by molar-refractivity contribution is -0.381. The number of hydrogen-bond donors (Lipinski definition) is 1. The Kier molecular flexibility index (Phi) is 5.11. The van der Waals surface area contributed by atoms with Crippen LogP contribution < -0.4 is 5.32 Å². The van der Waals surface area contributed by atoms with Crippen LogP contribution in [0.2, 0.25) is 0 Å². The maximum Gasteiger partial charge on any atom is 0.349 e. The minimum atomic E-state index is -0.508. The van der Waals surface area contributed by atoms with Gasteiger partial charge in [-0.3, -0.25) is 14.9 Å². The van der Waals surface area contributed by atoms with E-state index in [4.69, 9.17) is 0 Å². The molecule has 0 unspecified atom stereocenters. The van der Waals surface area contributed by atoms with Crippen molar-refractivity contribution in [2.24, 2.45) is 4.99 Å². The SMILES string of the molecule is CC(C)(C)c1nc(N=C2NC(=O)C(=Cc3cccc(F)c3)S2)sc1[N+](=O)[O-]. The third-order valence-corrected chi connectivity index (χ3v) is 5.28. The largest absolute Gasteiger partial charge is 0.349 e. The smallest absolute Gasteiger partial charge is 0.300 e. The van der Waals surface area contributed by atoms with Gasteiger partial charge in [0.2, 0.25) is 5.13 Å². The molecule has 7 nitrogen and oxygen atoms in total. The predicted molar refractivity (Wildman–Crippen MR) is 105 cm³/mol. The van der Waals surface area contributed by atoms with E-state index >= 15 is 0 Å². The summed E-state index contributed by atoms with van der Waals surface area (Å²) in [6.07, 6.45) is 1.55. The highest BCUT2D eigenvalue weighted by atomic mass is 32.2. The average molecular weight is 406 g/mol. The van der Waals surface area contributed by atoms with Gasteiger partial charge in [-0.25, -0.2) is 9.37 Å². The van der Waals surface area contributed by atoms with Gasteiger partial charge in [-0.05, 0) is 46.9 Å². The number of hydrogen-bond acceptors (Lipinski definition) is 7. The number of aliphatic imine (C=N–C) groups is 1. The lowest BCUT2D eigenvalue weighted by Gasteiger charge is -2.13. The third-order valence-electron chi connectivity index (χ3n) is 3.47. The highest BCUT2D eigenvalue weighted by molar-refractivity contribution is 8.18. The maximum absolute atomic E-state index is 13.3. The Bertz CT molecular complexity index is 992. The minimum absolute atomic E-state index is 0.0632. The van der Waals surface area contributed by atoms with Gasteiger partial charge in [-0.2, -0.15) is 4.99 Å².